The smallest absolute Gasteiger partial charge is 0.292 e. The summed E-state index contributed by atoms with van der Waals surface area (Å²) >= 11 is 0. The van der Waals surface area contributed by atoms with Gasteiger partial charge >= 0.3 is 0 Å². The third-order valence-electron chi connectivity index (χ3n) is 4.00. The van der Waals surface area contributed by atoms with Crippen molar-refractivity contribution in [3.63, 3.8) is 0 Å². The molecule has 6 nitrogen and oxygen atoms in total. The second-order valence-electron chi connectivity index (χ2n) is 5.92. The predicted molar refractivity (Wildman–Crippen MR) is 90.0 cm³/mol. The number of hydrogen-bond donors (Lipinski definition) is 2. The van der Waals surface area contributed by atoms with Crippen LogP contribution in [0.5, 0.6) is 0 Å². The minimum Gasteiger partial charge on any atom is -0.348 e. The van der Waals surface area contributed by atoms with E-state index in [1.165, 1.54) is 22.6 Å². The Kier molecular flexibility index (Phi) is 3.68. The molecule has 2 N–H and O–H groups in total. The maximum absolute atomic E-state index is 13.8. The fraction of sp³-hybridized carbons (Fsp3) is 0.167. The Labute approximate surface area is 142 Å². The number of carbonyl (C=O) groups excluding carboxylic acids is 2. The largest absolute Gasteiger partial charge is 0.348 e. The summed E-state index contributed by atoms with van der Waals surface area (Å²) in [6.07, 6.45) is 3.56. The number of pyridine rings is 1. The number of nitrogens with one attached hydrogen (secondary N) is 2. The molecule has 1 aromatic carbocycles. The van der Waals surface area contributed by atoms with Gasteiger partial charge < -0.3 is 10.6 Å². The number of hydrogen-bond acceptors (Lipinski definition) is 3. The van der Waals surface area contributed by atoms with Gasteiger partial charge in [-0.2, -0.15) is 0 Å². The van der Waals surface area contributed by atoms with E-state index in [-0.39, 0.29) is 29.2 Å². The maximum atomic E-state index is 13.8. The van der Waals surface area contributed by atoms with Gasteiger partial charge in [0.2, 0.25) is 5.82 Å². The summed E-state index contributed by atoms with van der Waals surface area (Å²) in [5, 5.41) is 5.36. The van der Waals surface area contributed by atoms with Gasteiger partial charge in [-0.1, -0.05) is 18.2 Å². The SMILES string of the molecule is O=C(NC1CC1)c1nc(C(=O)Nc2ccccc2F)n2ccccc12. The molecule has 4 rings (SSSR count). The highest BCUT2D eigenvalue weighted by atomic mass is 19.1. The molecule has 3 aromatic rings. The average Bonchev–Trinajstić information content (AvgIpc) is 3.33. The molecule has 2 aromatic heterocycles. The molecule has 1 aliphatic carbocycles. The van der Waals surface area contributed by atoms with Crippen LogP contribution < -0.4 is 10.6 Å². The molecule has 0 spiro atoms. The van der Waals surface area contributed by atoms with Crippen LogP contribution in [0.4, 0.5) is 10.1 Å². The zero-order valence-corrected chi connectivity index (χ0v) is 13.2. The Morgan fingerprint density at radius 2 is 1.84 bits per heavy atom. The van der Waals surface area contributed by atoms with Crippen LogP contribution in [0.2, 0.25) is 0 Å². The van der Waals surface area contributed by atoms with E-state index in [1.807, 2.05) is 0 Å². The van der Waals surface area contributed by atoms with Gasteiger partial charge in [0, 0.05) is 12.2 Å². The van der Waals surface area contributed by atoms with Gasteiger partial charge in [-0.25, -0.2) is 9.37 Å². The monoisotopic (exact) mass is 338 g/mol. The molecule has 0 atom stereocenters. The van der Waals surface area contributed by atoms with Crippen LogP contribution in [0.1, 0.15) is 33.9 Å². The van der Waals surface area contributed by atoms with Crippen molar-refractivity contribution in [1.82, 2.24) is 14.7 Å². The van der Waals surface area contributed by atoms with E-state index in [2.05, 4.69) is 15.6 Å². The molecule has 126 valence electrons. The second kappa shape index (κ2) is 6.01. The lowest BCUT2D eigenvalue weighted by molar-refractivity contribution is 0.0948. The Hall–Kier alpha value is -3.22. The van der Waals surface area contributed by atoms with Gasteiger partial charge in [0.1, 0.15) is 5.82 Å². The number of anilines is 1. The fourth-order valence-corrected chi connectivity index (χ4v) is 2.59. The van der Waals surface area contributed by atoms with Crippen LogP contribution in [-0.4, -0.2) is 27.2 Å². The number of halogens is 1. The second-order valence-corrected chi connectivity index (χ2v) is 5.92. The first kappa shape index (κ1) is 15.3. The molecular formula is C18H15FN4O2. The van der Waals surface area contributed by atoms with E-state index in [1.54, 1.807) is 30.5 Å². The lowest BCUT2D eigenvalue weighted by Gasteiger charge is -2.05. The highest BCUT2D eigenvalue weighted by Crippen LogP contribution is 2.21. The minimum absolute atomic E-state index is 0.0276. The average molecular weight is 338 g/mol. The number of nitrogens with zero attached hydrogens (tertiary/aromatic N) is 2. The van der Waals surface area contributed by atoms with Crippen LogP contribution in [0.3, 0.4) is 0 Å². The number of fused-ring (bicyclic) bond motifs is 1. The van der Waals surface area contributed by atoms with Gasteiger partial charge in [0.05, 0.1) is 11.2 Å². The van der Waals surface area contributed by atoms with E-state index >= 15 is 0 Å². The summed E-state index contributed by atoms with van der Waals surface area (Å²) in [6, 6.07) is 11.3. The van der Waals surface area contributed by atoms with Crippen molar-refractivity contribution in [1.29, 1.82) is 0 Å². The van der Waals surface area contributed by atoms with Crippen molar-refractivity contribution >= 4 is 23.0 Å². The van der Waals surface area contributed by atoms with Gasteiger partial charge in [-0.15, -0.1) is 0 Å². The van der Waals surface area contributed by atoms with Gasteiger partial charge in [0.25, 0.3) is 11.8 Å². The van der Waals surface area contributed by atoms with Gasteiger partial charge in [0.15, 0.2) is 5.69 Å². The first-order valence-corrected chi connectivity index (χ1v) is 7.97. The van der Waals surface area contributed by atoms with Crippen LogP contribution >= 0.6 is 0 Å². The highest BCUT2D eigenvalue weighted by Gasteiger charge is 2.27. The zero-order chi connectivity index (χ0) is 17.4. The molecule has 25 heavy (non-hydrogen) atoms. The number of amides is 2. The summed E-state index contributed by atoms with van der Waals surface area (Å²) < 4.78 is 15.3. The number of benzene rings is 1. The lowest BCUT2D eigenvalue weighted by Crippen LogP contribution is -2.26. The van der Waals surface area contributed by atoms with Gasteiger partial charge in [-0.05, 0) is 37.1 Å². The van der Waals surface area contributed by atoms with Crippen LogP contribution in [0.25, 0.3) is 5.52 Å². The highest BCUT2D eigenvalue weighted by molar-refractivity contribution is 6.06. The van der Waals surface area contributed by atoms with Crippen molar-refractivity contribution in [3.05, 3.63) is 66.0 Å². The van der Waals surface area contributed by atoms with Crippen molar-refractivity contribution in [2.45, 2.75) is 18.9 Å². The summed E-state index contributed by atoms with van der Waals surface area (Å²) in [5.74, 6) is -1.41. The molecule has 2 heterocycles. The fourth-order valence-electron chi connectivity index (χ4n) is 2.59. The Morgan fingerprint density at radius 3 is 2.60 bits per heavy atom. The Bertz CT molecular complexity index is 978. The quantitative estimate of drug-likeness (QED) is 0.768. The molecule has 2 amide bonds. The minimum atomic E-state index is -0.586. The summed E-state index contributed by atoms with van der Waals surface area (Å²) in [7, 11) is 0. The third kappa shape index (κ3) is 2.96. The Morgan fingerprint density at radius 1 is 1.08 bits per heavy atom. The lowest BCUT2D eigenvalue weighted by atomic mass is 10.3. The van der Waals surface area contributed by atoms with E-state index in [4.69, 9.17) is 0 Å². The maximum Gasteiger partial charge on any atom is 0.292 e. The number of carbonyl (C=O) groups is 2. The number of aromatic nitrogens is 2. The zero-order valence-electron chi connectivity index (χ0n) is 13.2. The first-order valence-electron chi connectivity index (χ1n) is 7.97. The van der Waals surface area contributed by atoms with Gasteiger partial charge in [-0.3, -0.25) is 14.0 Å². The standard InChI is InChI=1S/C18H15FN4O2/c19-12-5-1-2-6-13(12)21-18(25)16-22-15(17(24)20-11-8-9-11)14-7-3-4-10-23(14)16/h1-7,10-11H,8-9H2,(H,20,24)(H,21,25). The van der Waals surface area contributed by atoms with E-state index in [0.29, 0.717) is 5.52 Å². The van der Waals surface area contributed by atoms with Crippen molar-refractivity contribution in [3.8, 4) is 0 Å². The molecule has 0 bridgehead atoms. The molecule has 1 aliphatic rings. The van der Waals surface area contributed by atoms with Crippen molar-refractivity contribution < 1.29 is 14.0 Å². The normalized spacial score (nSPS) is 13.6. The number of para-hydroxylation sites is 1. The topological polar surface area (TPSA) is 75.5 Å². The number of rotatable bonds is 4. The predicted octanol–water partition coefficient (Wildman–Crippen LogP) is 2.62. The summed E-state index contributed by atoms with van der Waals surface area (Å²) in [4.78, 5) is 29.1. The van der Waals surface area contributed by atoms with E-state index in [9.17, 15) is 14.0 Å². The molecule has 0 radical (unpaired) electrons. The molecule has 1 saturated carbocycles. The van der Waals surface area contributed by atoms with Crippen molar-refractivity contribution in [2.75, 3.05) is 5.32 Å². The van der Waals surface area contributed by atoms with Crippen molar-refractivity contribution in [2.24, 2.45) is 0 Å². The molecular weight excluding hydrogens is 323 g/mol. The molecule has 0 saturated heterocycles. The van der Waals surface area contributed by atoms with Crippen LogP contribution in [0.15, 0.2) is 48.7 Å². The summed E-state index contributed by atoms with van der Waals surface area (Å²) in [6.45, 7) is 0. The molecule has 0 aliphatic heterocycles. The summed E-state index contributed by atoms with van der Waals surface area (Å²) in [5.41, 5.74) is 0.773. The van der Waals surface area contributed by atoms with Crippen LogP contribution in [0, 0.1) is 5.82 Å². The van der Waals surface area contributed by atoms with E-state index < -0.39 is 11.7 Å². The molecule has 0 unspecified atom stereocenters. The molecule has 1 fully saturated rings. The Balaban J connectivity index is 1.70. The third-order valence-corrected chi connectivity index (χ3v) is 4.00. The first-order chi connectivity index (χ1) is 12.1. The molecule has 7 heteroatoms. The van der Waals surface area contributed by atoms with Crippen LogP contribution in [-0.2, 0) is 0 Å². The van der Waals surface area contributed by atoms with E-state index in [0.717, 1.165) is 12.8 Å². The number of imidazole rings is 1.